The quantitative estimate of drug-likeness (QED) is 0.655. The maximum Gasteiger partial charge on any atom is 0.128 e. The summed E-state index contributed by atoms with van der Waals surface area (Å²) in [7, 11) is 0. The Morgan fingerprint density at radius 2 is 1.90 bits per heavy atom. The van der Waals surface area contributed by atoms with Crippen molar-refractivity contribution < 1.29 is 8.78 Å². The van der Waals surface area contributed by atoms with Crippen LogP contribution in [0.15, 0.2) is 36.4 Å². The number of alkyl halides is 1. The summed E-state index contributed by atoms with van der Waals surface area (Å²) in [6.07, 6.45) is 0. The van der Waals surface area contributed by atoms with E-state index in [4.69, 9.17) is 11.6 Å². The molecule has 2 nitrogen and oxygen atoms in total. The number of fused-ring (bicyclic) bond motifs is 1. The molecular formula is C16H13ClF2N2. The maximum absolute atomic E-state index is 13.8. The van der Waals surface area contributed by atoms with Gasteiger partial charge in [0.25, 0.3) is 0 Å². The van der Waals surface area contributed by atoms with Crippen LogP contribution in [0.5, 0.6) is 0 Å². The van der Waals surface area contributed by atoms with E-state index in [0.29, 0.717) is 29.0 Å². The summed E-state index contributed by atoms with van der Waals surface area (Å²) in [4.78, 5) is 4.33. The van der Waals surface area contributed by atoms with Crippen LogP contribution in [-0.2, 0) is 12.4 Å². The van der Waals surface area contributed by atoms with E-state index in [1.54, 1.807) is 31.2 Å². The first-order valence-electron chi connectivity index (χ1n) is 6.55. The lowest BCUT2D eigenvalue weighted by molar-refractivity contribution is 0.599. The summed E-state index contributed by atoms with van der Waals surface area (Å²) in [6.45, 7) is 2.01. The highest BCUT2D eigenvalue weighted by molar-refractivity contribution is 6.16. The van der Waals surface area contributed by atoms with E-state index in [1.807, 2.05) is 4.57 Å². The number of imidazole rings is 1. The molecule has 1 heterocycles. The molecule has 0 unspecified atom stereocenters. The number of aromatic nitrogens is 2. The van der Waals surface area contributed by atoms with E-state index < -0.39 is 0 Å². The molecule has 0 aliphatic carbocycles. The summed E-state index contributed by atoms with van der Waals surface area (Å²) in [5, 5.41) is 0. The van der Waals surface area contributed by atoms with Crippen molar-refractivity contribution in [2.24, 2.45) is 0 Å². The fourth-order valence-corrected chi connectivity index (χ4v) is 2.58. The van der Waals surface area contributed by atoms with Crippen LogP contribution < -0.4 is 0 Å². The summed E-state index contributed by atoms with van der Waals surface area (Å²) < 4.78 is 29.3. The molecule has 5 heteroatoms. The lowest BCUT2D eigenvalue weighted by atomic mass is 10.2. The predicted molar refractivity (Wildman–Crippen MR) is 79.5 cm³/mol. The van der Waals surface area contributed by atoms with Crippen LogP contribution in [0.2, 0.25) is 0 Å². The zero-order chi connectivity index (χ0) is 15.0. The number of hydrogen-bond acceptors (Lipinski definition) is 1. The minimum Gasteiger partial charge on any atom is -0.322 e. The van der Waals surface area contributed by atoms with Crippen molar-refractivity contribution in [1.82, 2.24) is 9.55 Å². The Kier molecular flexibility index (Phi) is 3.64. The molecule has 3 rings (SSSR count). The normalized spacial score (nSPS) is 11.2. The summed E-state index contributed by atoms with van der Waals surface area (Å²) >= 11 is 5.92. The fraction of sp³-hybridized carbons (Fsp3) is 0.188. The molecule has 0 N–H and O–H groups in total. The van der Waals surface area contributed by atoms with Crippen LogP contribution in [0.3, 0.4) is 0 Å². The molecule has 0 fully saturated rings. The van der Waals surface area contributed by atoms with Crippen LogP contribution in [0.25, 0.3) is 11.0 Å². The zero-order valence-electron chi connectivity index (χ0n) is 11.4. The van der Waals surface area contributed by atoms with Crippen molar-refractivity contribution in [1.29, 1.82) is 0 Å². The third-order valence-electron chi connectivity index (χ3n) is 3.51. The summed E-state index contributed by atoms with van der Waals surface area (Å²) in [5.74, 6) is 0.196. The summed E-state index contributed by atoms with van der Waals surface area (Å²) in [5.41, 5.74) is 2.36. The smallest absolute Gasteiger partial charge is 0.128 e. The number of hydrogen-bond donors (Lipinski definition) is 0. The Morgan fingerprint density at radius 1 is 1.14 bits per heavy atom. The second kappa shape index (κ2) is 5.45. The molecule has 0 saturated heterocycles. The molecule has 0 aliphatic heterocycles. The Balaban J connectivity index is 2.16. The monoisotopic (exact) mass is 306 g/mol. The molecule has 0 radical (unpaired) electrons. The van der Waals surface area contributed by atoms with Gasteiger partial charge in [0, 0.05) is 11.6 Å². The lowest BCUT2D eigenvalue weighted by Crippen LogP contribution is -2.05. The molecule has 1 aromatic heterocycles. The van der Waals surface area contributed by atoms with Gasteiger partial charge in [-0.2, -0.15) is 0 Å². The number of nitrogens with zero attached hydrogens (tertiary/aromatic N) is 2. The maximum atomic E-state index is 13.8. The van der Waals surface area contributed by atoms with Gasteiger partial charge in [-0.3, -0.25) is 0 Å². The number of halogens is 3. The first-order valence-corrected chi connectivity index (χ1v) is 7.08. The molecule has 0 bridgehead atoms. The van der Waals surface area contributed by atoms with Crippen molar-refractivity contribution >= 4 is 22.6 Å². The lowest BCUT2D eigenvalue weighted by Gasteiger charge is -2.09. The number of benzene rings is 2. The predicted octanol–water partition coefficient (Wildman–Crippen LogP) is 4.41. The van der Waals surface area contributed by atoms with Gasteiger partial charge < -0.3 is 4.57 Å². The van der Waals surface area contributed by atoms with Crippen LogP contribution in [0, 0.1) is 18.6 Å². The third kappa shape index (κ3) is 2.51. The molecule has 2 aromatic carbocycles. The first-order chi connectivity index (χ1) is 10.1. The van der Waals surface area contributed by atoms with Crippen molar-refractivity contribution in [3.63, 3.8) is 0 Å². The fourth-order valence-electron chi connectivity index (χ4n) is 2.38. The Morgan fingerprint density at radius 3 is 2.62 bits per heavy atom. The molecule has 21 heavy (non-hydrogen) atoms. The van der Waals surface area contributed by atoms with Crippen molar-refractivity contribution in [3.05, 3.63) is 65.0 Å². The van der Waals surface area contributed by atoms with Gasteiger partial charge in [0.2, 0.25) is 0 Å². The standard InChI is InChI=1S/C16H13ClF2N2/c1-10-6-15-14(7-13(10)19)20-16(8-17)21(15)9-11-4-2-3-5-12(11)18/h2-7H,8-9H2,1H3. The SMILES string of the molecule is Cc1cc2c(cc1F)nc(CCl)n2Cc1ccccc1F. The molecule has 0 atom stereocenters. The zero-order valence-corrected chi connectivity index (χ0v) is 12.2. The van der Waals surface area contributed by atoms with Crippen molar-refractivity contribution in [3.8, 4) is 0 Å². The topological polar surface area (TPSA) is 17.8 Å². The van der Waals surface area contributed by atoms with Gasteiger partial charge in [-0.25, -0.2) is 13.8 Å². The average Bonchev–Trinajstić information content (AvgIpc) is 2.79. The van der Waals surface area contributed by atoms with Gasteiger partial charge >= 0.3 is 0 Å². The summed E-state index contributed by atoms with van der Waals surface area (Å²) in [6, 6.07) is 9.66. The molecule has 0 spiro atoms. The Hall–Kier alpha value is -1.94. The highest BCUT2D eigenvalue weighted by Crippen LogP contribution is 2.23. The van der Waals surface area contributed by atoms with Crippen LogP contribution >= 0.6 is 11.6 Å². The van der Waals surface area contributed by atoms with E-state index in [2.05, 4.69) is 4.98 Å². The molecule has 3 aromatic rings. The van der Waals surface area contributed by atoms with Gasteiger partial charge in [-0.1, -0.05) is 18.2 Å². The molecule has 108 valence electrons. The molecule has 0 saturated carbocycles. The van der Waals surface area contributed by atoms with E-state index in [1.165, 1.54) is 12.1 Å². The van der Waals surface area contributed by atoms with Gasteiger partial charge in [-0.05, 0) is 24.6 Å². The number of rotatable bonds is 3. The Bertz CT molecular complexity index is 811. The van der Waals surface area contributed by atoms with Gasteiger partial charge in [0.1, 0.15) is 17.5 Å². The van der Waals surface area contributed by atoms with E-state index in [0.717, 1.165) is 5.52 Å². The van der Waals surface area contributed by atoms with Crippen LogP contribution in [0.1, 0.15) is 17.0 Å². The third-order valence-corrected chi connectivity index (χ3v) is 3.75. The largest absolute Gasteiger partial charge is 0.322 e. The van der Waals surface area contributed by atoms with E-state index >= 15 is 0 Å². The molecular weight excluding hydrogens is 294 g/mol. The second-order valence-electron chi connectivity index (χ2n) is 4.93. The van der Waals surface area contributed by atoms with Gasteiger partial charge in [0.15, 0.2) is 0 Å². The first kappa shape index (κ1) is 14.0. The number of aryl methyl sites for hydroxylation is 1. The molecule has 0 amide bonds. The Labute approximate surface area is 126 Å². The highest BCUT2D eigenvalue weighted by atomic mass is 35.5. The van der Waals surface area contributed by atoms with Gasteiger partial charge in [0.05, 0.1) is 23.5 Å². The van der Waals surface area contributed by atoms with Crippen molar-refractivity contribution in [2.45, 2.75) is 19.3 Å². The second-order valence-corrected chi connectivity index (χ2v) is 5.20. The van der Waals surface area contributed by atoms with E-state index in [9.17, 15) is 8.78 Å². The van der Waals surface area contributed by atoms with Gasteiger partial charge in [-0.15, -0.1) is 11.6 Å². The van der Waals surface area contributed by atoms with Crippen LogP contribution in [-0.4, -0.2) is 9.55 Å². The highest BCUT2D eigenvalue weighted by Gasteiger charge is 2.14. The minimum atomic E-state index is -0.306. The van der Waals surface area contributed by atoms with Crippen molar-refractivity contribution in [2.75, 3.05) is 0 Å². The van der Waals surface area contributed by atoms with Crippen LogP contribution in [0.4, 0.5) is 8.78 Å². The average molecular weight is 307 g/mol. The van der Waals surface area contributed by atoms with E-state index in [-0.39, 0.29) is 17.5 Å². The minimum absolute atomic E-state index is 0.184. The molecule has 0 aliphatic rings.